The summed E-state index contributed by atoms with van der Waals surface area (Å²) < 4.78 is 0. The van der Waals surface area contributed by atoms with Crippen molar-refractivity contribution in [3.63, 3.8) is 0 Å². The fraction of sp³-hybridized carbons (Fsp3) is 0.250. The van der Waals surface area contributed by atoms with Gasteiger partial charge < -0.3 is 0 Å². The summed E-state index contributed by atoms with van der Waals surface area (Å²) in [5.41, 5.74) is 18.0. The Balaban J connectivity index is 1.62. The van der Waals surface area contributed by atoms with Crippen LogP contribution in [-0.4, -0.2) is 11.5 Å². The van der Waals surface area contributed by atoms with Gasteiger partial charge in [0.2, 0.25) is 0 Å². The van der Waals surface area contributed by atoms with E-state index < -0.39 is 0 Å². The SMILES string of the molecule is [N-]=[N+]=Nc1ccc(SCCCCSc2ccc(N=[N+]=[N-])cc2)cc1. The zero-order valence-electron chi connectivity index (χ0n) is 12.9. The van der Waals surface area contributed by atoms with Crippen molar-refractivity contribution in [2.45, 2.75) is 22.6 Å². The topological polar surface area (TPSA) is 97.5 Å². The second-order valence-electron chi connectivity index (χ2n) is 4.77. The Morgan fingerprint density at radius 2 is 1.04 bits per heavy atom. The molecule has 8 heteroatoms. The molecule has 0 bridgehead atoms. The molecular weight excluding hydrogens is 340 g/mol. The third kappa shape index (κ3) is 6.48. The molecule has 0 heterocycles. The zero-order valence-corrected chi connectivity index (χ0v) is 14.6. The highest BCUT2D eigenvalue weighted by Crippen LogP contribution is 2.25. The predicted octanol–water partition coefficient (Wildman–Crippen LogP) is 7.23. The van der Waals surface area contributed by atoms with Crippen LogP contribution in [0.1, 0.15) is 12.8 Å². The number of unbranched alkanes of at least 4 members (excludes halogenated alkanes) is 1. The van der Waals surface area contributed by atoms with Crippen LogP contribution >= 0.6 is 23.5 Å². The molecule has 0 aliphatic carbocycles. The van der Waals surface area contributed by atoms with Crippen molar-refractivity contribution in [2.24, 2.45) is 10.2 Å². The second-order valence-corrected chi connectivity index (χ2v) is 7.11. The lowest BCUT2D eigenvalue weighted by Crippen LogP contribution is -1.84. The standard InChI is InChI=1S/C16H16N6S2/c17-21-19-13-3-7-15(8-4-13)23-11-1-2-12-24-16-9-5-14(6-10-16)20-22-18/h3-10H,1-2,11-12H2. The Morgan fingerprint density at radius 1 is 0.667 bits per heavy atom. The minimum Gasteiger partial charge on any atom is -0.126 e. The lowest BCUT2D eigenvalue weighted by atomic mass is 10.3. The Hall–Kier alpha value is -2.24. The summed E-state index contributed by atoms with van der Waals surface area (Å²) in [6, 6.07) is 15.2. The summed E-state index contributed by atoms with van der Waals surface area (Å²) in [5.74, 6) is 2.13. The fourth-order valence-electron chi connectivity index (χ4n) is 1.91. The van der Waals surface area contributed by atoms with Crippen molar-refractivity contribution < 1.29 is 0 Å². The molecule has 0 aliphatic rings. The summed E-state index contributed by atoms with van der Waals surface area (Å²) in [7, 11) is 0. The predicted molar refractivity (Wildman–Crippen MR) is 101 cm³/mol. The summed E-state index contributed by atoms with van der Waals surface area (Å²) in [6.07, 6.45) is 2.29. The van der Waals surface area contributed by atoms with Crippen molar-refractivity contribution in [1.82, 2.24) is 0 Å². The first-order chi connectivity index (χ1) is 11.8. The number of hydrogen-bond acceptors (Lipinski definition) is 4. The highest BCUT2D eigenvalue weighted by atomic mass is 32.2. The number of hydrogen-bond donors (Lipinski definition) is 0. The molecule has 24 heavy (non-hydrogen) atoms. The summed E-state index contributed by atoms with van der Waals surface area (Å²) in [4.78, 5) is 7.91. The van der Waals surface area contributed by atoms with Crippen LogP contribution in [-0.2, 0) is 0 Å². The molecule has 2 rings (SSSR count). The van der Waals surface area contributed by atoms with E-state index in [1.807, 2.05) is 72.1 Å². The summed E-state index contributed by atoms with van der Waals surface area (Å²) in [6.45, 7) is 0. The van der Waals surface area contributed by atoms with E-state index in [0.29, 0.717) is 11.4 Å². The van der Waals surface area contributed by atoms with Crippen LogP contribution in [0.3, 0.4) is 0 Å². The van der Waals surface area contributed by atoms with Crippen LogP contribution in [0.4, 0.5) is 11.4 Å². The van der Waals surface area contributed by atoms with Crippen molar-refractivity contribution in [1.29, 1.82) is 0 Å². The van der Waals surface area contributed by atoms with Crippen LogP contribution in [0.2, 0.25) is 0 Å². The van der Waals surface area contributed by atoms with E-state index in [1.54, 1.807) is 0 Å². The maximum Gasteiger partial charge on any atom is 0.0376 e. The van der Waals surface area contributed by atoms with Crippen LogP contribution in [0.5, 0.6) is 0 Å². The Labute approximate surface area is 148 Å². The van der Waals surface area contributed by atoms with E-state index in [-0.39, 0.29) is 0 Å². The summed E-state index contributed by atoms with van der Waals surface area (Å²) in [5, 5.41) is 7.12. The van der Waals surface area contributed by atoms with E-state index in [2.05, 4.69) is 20.1 Å². The van der Waals surface area contributed by atoms with Gasteiger partial charge in [-0.2, -0.15) is 0 Å². The van der Waals surface area contributed by atoms with Gasteiger partial charge in [0.15, 0.2) is 0 Å². The van der Waals surface area contributed by atoms with Gasteiger partial charge in [-0.25, -0.2) is 0 Å². The molecule has 2 aromatic carbocycles. The second kappa shape index (κ2) is 10.5. The number of azide groups is 2. The first kappa shape index (κ1) is 18.1. The van der Waals surface area contributed by atoms with E-state index in [1.165, 1.54) is 9.79 Å². The monoisotopic (exact) mass is 356 g/mol. The molecular formula is C16H16N6S2. The van der Waals surface area contributed by atoms with E-state index >= 15 is 0 Å². The molecule has 0 radical (unpaired) electrons. The highest BCUT2D eigenvalue weighted by molar-refractivity contribution is 7.99. The largest absolute Gasteiger partial charge is 0.126 e. The lowest BCUT2D eigenvalue weighted by Gasteiger charge is -2.03. The molecule has 0 spiro atoms. The highest BCUT2D eigenvalue weighted by Gasteiger charge is 1.97. The molecule has 0 N–H and O–H groups in total. The molecule has 0 atom stereocenters. The zero-order chi connectivity index (χ0) is 17.0. The number of rotatable bonds is 9. The van der Waals surface area contributed by atoms with Gasteiger partial charge in [-0.3, -0.25) is 0 Å². The maximum atomic E-state index is 8.37. The average molecular weight is 356 g/mol. The van der Waals surface area contributed by atoms with Gasteiger partial charge in [0.25, 0.3) is 0 Å². The minimum absolute atomic E-state index is 0.643. The van der Waals surface area contributed by atoms with Crippen molar-refractivity contribution in [3.05, 3.63) is 69.4 Å². The maximum absolute atomic E-state index is 8.37. The molecule has 0 amide bonds. The Morgan fingerprint density at radius 3 is 1.38 bits per heavy atom. The van der Waals surface area contributed by atoms with Gasteiger partial charge in [-0.15, -0.1) is 23.5 Å². The lowest BCUT2D eigenvalue weighted by molar-refractivity contribution is 0.907. The molecule has 0 saturated heterocycles. The smallest absolute Gasteiger partial charge is 0.0376 e. The van der Waals surface area contributed by atoms with Crippen LogP contribution in [0, 0.1) is 0 Å². The number of benzene rings is 2. The Kier molecular flexibility index (Phi) is 7.93. The number of nitrogens with zero attached hydrogens (tertiary/aromatic N) is 6. The molecule has 0 saturated carbocycles. The molecule has 6 nitrogen and oxygen atoms in total. The van der Waals surface area contributed by atoms with Gasteiger partial charge in [-0.05, 0) is 59.7 Å². The normalized spacial score (nSPS) is 9.83. The quantitative estimate of drug-likeness (QED) is 0.155. The third-order valence-corrected chi connectivity index (χ3v) is 5.27. The van der Waals surface area contributed by atoms with Gasteiger partial charge in [0.1, 0.15) is 0 Å². The third-order valence-electron chi connectivity index (χ3n) is 3.07. The van der Waals surface area contributed by atoms with Crippen LogP contribution in [0.25, 0.3) is 20.9 Å². The minimum atomic E-state index is 0.643. The molecule has 0 fully saturated rings. The van der Waals surface area contributed by atoms with E-state index in [4.69, 9.17) is 11.1 Å². The van der Waals surface area contributed by atoms with Gasteiger partial charge in [0, 0.05) is 31.0 Å². The van der Waals surface area contributed by atoms with Gasteiger partial charge in [0.05, 0.1) is 0 Å². The van der Waals surface area contributed by atoms with E-state index in [9.17, 15) is 0 Å². The van der Waals surface area contributed by atoms with Crippen molar-refractivity contribution in [3.8, 4) is 0 Å². The van der Waals surface area contributed by atoms with Gasteiger partial charge >= 0.3 is 0 Å². The summed E-state index contributed by atoms with van der Waals surface area (Å²) >= 11 is 3.62. The fourth-order valence-corrected chi connectivity index (χ4v) is 3.73. The van der Waals surface area contributed by atoms with Gasteiger partial charge in [-0.1, -0.05) is 34.5 Å². The number of thioether (sulfide) groups is 2. The van der Waals surface area contributed by atoms with Crippen molar-refractivity contribution >= 4 is 34.9 Å². The van der Waals surface area contributed by atoms with Crippen molar-refractivity contribution in [2.75, 3.05) is 11.5 Å². The first-order valence-corrected chi connectivity index (χ1v) is 9.35. The molecule has 2 aromatic rings. The molecule has 0 unspecified atom stereocenters. The molecule has 0 aromatic heterocycles. The van der Waals surface area contributed by atoms with Crippen LogP contribution < -0.4 is 0 Å². The molecule has 0 aliphatic heterocycles. The molecule has 122 valence electrons. The Bertz CT molecular complexity index is 667. The van der Waals surface area contributed by atoms with Crippen LogP contribution in [0.15, 0.2) is 68.6 Å². The first-order valence-electron chi connectivity index (χ1n) is 7.38. The van der Waals surface area contributed by atoms with E-state index in [0.717, 1.165) is 24.3 Å². The average Bonchev–Trinajstić information content (AvgIpc) is 2.61.